The third-order valence-electron chi connectivity index (χ3n) is 3.70. The van der Waals surface area contributed by atoms with Gasteiger partial charge in [-0.05, 0) is 38.5 Å². The van der Waals surface area contributed by atoms with Crippen LogP contribution in [0.25, 0.3) is 0 Å². The fourth-order valence-electron chi connectivity index (χ4n) is 2.70. The van der Waals surface area contributed by atoms with Crippen LogP contribution in [0.15, 0.2) is 29.4 Å². The van der Waals surface area contributed by atoms with Crippen molar-refractivity contribution in [3.8, 4) is 0 Å². The van der Waals surface area contributed by atoms with E-state index in [0.717, 1.165) is 11.3 Å². The second kappa shape index (κ2) is 5.47. The highest BCUT2D eigenvalue weighted by atomic mass is 35.5. The second-order valence-electron chi connectivity index (χ2n) is 6.62. The van der Waals surface area contributed by atoms with Crippen molar-refractivity contribution in [3.63, 3.8) is 0 Å². The lowest BCUT2D eigenvalue weighted by molar-refractivity contribution is 0.0228. The molecule has 1 fully saturated rings. The zero-order chi connectivity index (χ0) is 15.9. The number of ether oxygens (including phenoxy) is 1. The summed E-state index contributed by atoms with van der Waals surface area (Å²) in [6.45, 7) is 6.64. The van der Waals surface area contributed by atoms with E-state index in [2.05, 4.69) is 5.16 Å². The number of fused-ring (bicyclic) bond motifs is 1. The average molecular weight is 323 g/mol. The summed E-state index contributed by atoms with van der Waals surface area (Å²) in [7, 11) is 0. The summed E-state index contributed by atoms with van der Waals surface area (Å²) in [6, 6.07) is 7.49. The monoisotopic (exact) mass is 322 g/mol. The maximum atomic E-state index is 12.2. The molecule has 1 saturated heterocycles. The zero-order valence-corrected chi connectivity index (χ0v) is 13.6. The minimum Gasteiger partial charge on any atom is -0.444 e. The van der Waals surface area contributed by atoms with E-state index in [-0.39, 0.29) is 18.1 Å². The van der Waals surface area contributed by atoms with Gasteiger partial charge in [0.25, 0.3) is 0 Å². The minimum atomic E-state index is -0.497. The van der Waals surface area contributed by atoms with Gasteiger partial charge >= 0.3 is 6.09 Å². The third kappa shape index (κ3) is 3.04. The second-order valence-corrected chi connectivity index (χ2v) is 7.06. The summed E-state index contributed by atoms with van der Waals surface area (Å²) < 4.78 is 5.42. The Morgan fingerprint density at radius 3 is 2.64 bits per heavy atom. The molecule has 3 rings (SSSR count). The van der Waals surface area contributed by atoms with Gasteiger partial charge in [-0.1, -0.05) is 28.9 Å². The molecule has 0 radical (unpaired) electrons. The number of hydrogen-bond donors (Lipinski definition) is 0. The van der Waals surface area contributed by atoms with Crippen LogP contribution in [0.4, 0.5) is 4.79 Å². The first-order valence-electron chi connectivity index (χ1n) is 7.31. The van der Waals surface area contributed by atoms with Crippen molar-refractivity contribution < 1.29 is 14.4 Å². The smallest absolute Gasteiger partial charge is 0.410 e. The predicted octanol–water partition coefficient (Wildman–Crippen LogP) is 3.31. The van der Waals surface area contributed by atoms with Gasteiger partial charge in [0, 0.05) is 11.6 Å². The van der Waals surface area contributed by atoms with E-state index in [4.69, 9.17) is 21.2 Å². The molecule has 1 amide bonds. The molecule has 0 saturated carbocycles. The van der Waals surface area contributed by atoms with Gasteiger partial charge in [0.1, 0.15) is 5.60 Å². The SMILES string of the molecule is CC(C)(C)OC(=O)N1CC2ON=C(c3ccc(Cl)cc3)C2C1. The number of carbonyl (C=O) groups is 1. The average Bonchev–Trinajstić information content (AvgIpc) is 2.97. The van der Waals surface area contributed by atoms with E-state index in [1.54, 1.807) is 4.90 Å². The topological polar surface area (TPSA) is 51.1 Å². The normalized spacial score (nSPS) is 23.8. The van der Waals surface area contributed by atoms with E-state index >= 15 is 0 Å². The quantitative estimate of drug-likeness (QED) is 0.797. The number of amides is 1. The van der Waals surface area contributed by atoms with E-state index in [1.165, 1.54) is 0 Å². The van der Waals surface area contributed by atoms with Crippen molar-refractivity contribution in [2.75, 3.05) is 13.1 Å². The summed E-state index contributed by atoms with van der Waals surface area (Å²) in [5.74, 6) is 0.0775. The third-order valence-corrected chi connectivity index (χ3v) is 3.95. The van der Waals surface area contributed by atoms with Gasteiger partial charge in [0.05, 0.1) is 18.2 Å². The molecule has 0 aliphatic carbocycles. The van der Waals surface area contributed by atoms with Gasteiger partial charge in [0.15, 0.2) is 6.10 Å². The zero-order valence-electron chi connectivity index (χ0n) is 12.9. The number of oxime groups is 1. The summed E-state index contributed by atoms with van der Waals surface area (Å²) >= 11 is 5.92. The van der Waals surface area contributed by atoms with E-state index < -0.39 is 5.60 Å². The van der Waals surface area contributed by atoms with Crippen molar-refractivity contribution in [1.29, 1.82) is 0 Å². The van der Waals surface area contributed by atoms with Crippen LogP contribution < -0.4 is 0 Å². The molecule has 2 aliphatic rings. The minimum absolute atomic E-state index is 0.0775. The molecule has 22 heavy (non-hydrogen) atoms. The largest absolute Gasteiger partial charge is 0.444 e. The van der Waals surface area contributed by atoms with Crippen LogP contribution in [0.1, 0.15) is 26.3 Å². The Morgan fingerprint density at radius 2 is 2.00 bits per heavy atom. The lowest BCUT2D eigenvalue weighted by Crippen LogP contribution is -2.36. The summed E-state index contributed by atoms with van der Waals surface area (Å²) in [4.78, 5) is 19.3. The van der Waals surface area contributed by atoms with Gasteiger partial charge in [-0.3, -0.25) is 0 Å². The van der Waals surface area contributed by atoms with Crippen molar-refractivity contribution in [2.45, 2.75) is 32.5 Å². The van der Waals surface area contributed by atoms with Crippen LogP contribution in [0.5, 0.6) is 0 Å². The van der Waals surface area contributed by atoms with E-state index in [0.29, 0.717) is 18.1 Å². The Balaban J connectivity index is 1.71. The van der Waals surface area contributed by atoms with Crippen LogP contribution in [0.3, 0.4) is 0 Å². The van der Waals surface area contributed by atoms with Crippen LogP contribution in [0.2, 0.25) is 5.02 Å². The first-order valence-corrected chi connectivity index (χ1v) is 7.69. The molecule has 2 unspecified atom stereocenters. The summed E-state index contributed by atoms with van der Waals surface area (Å²) in [5, 5.41) is 4.87. The number of rotatable bonds is 1. The van der Waals surface area contributed by atoms with Crippen molar-refractivity contribution in [1.82, 2.24) is 4.90 Å². The van der Waals surface area contributed by atoms with E-state index in [9.17, 15) is 4.79 Å². The van der Waals surface area contributed by atoms with Crippen LogP contribution in [-0.4, -0.2) is 41.5 Å². The van der Waals surface area contributed by atoms with Gasteiger partial charge in [-0.15, -0.1) is 0 Å². The Kier molecular flexibility index (Phi) is 3.77. The molecule has 1 aromatic carbocycles. The maximum absolute atomic E-state index is 12.2. The van der Waals surface area contributed by atoms with Crippen molar-refractivity contribution in [3.05, 3.63) is 34.9 Å². The van der Waals surface area contributed by atoms with Gasteiger partial charge in [0.2, 0.25) is 0 Å². The molecule has 6 heteroatoms. The fraction of sp³-hybridized carbons (Fsp3) is 0.500. The number of carbonyl (C=O) groups excluding carboxylic acids is 1. The van der Waals surface area contributed by atoms with Crippen LogP contribution in [-0.2, 0) is 9.57 Å². The molecular weight excluding hydrogens is 304 g/mol. The summed E-state index contributed by atoms with van der Waals surface area (Å²) in [5.41, 5.74) is 1.35. The van der Waals surface area contributed by atoms with Crippen LogP contribution >= 0.6 is 11.6 Å². The van der Waals surface area contributed by atoms with Gasteiger partial charge in [-0.2, -0.15) is 0 Å². The molecule has 0 N–H and O–H groups in total. The number of benzene rings is 1. The predicted molar refractivity (Wildman–Crippen MR) is 84.2 cm³/mol. The lowest BCUT2D eigenvalue weighted by Gasteiger charge is -2.24. The number of likely N-dealkylation sites (tertiary alicyclic amines) is 1. The molecule has 0 spiro atoms. The first kappa shape index (κ1) is 15.2. The Hall–Kier alpha value is -1.75. The highest BCUT2D eigenvalue weighted by molar-refractivity contribution is 6.30. The number of hydrogen-bond acceptors (Lipinski definition) is 4. The summed E-state index contributed by atoms with van der Waals surface area (Å²) in [6.07, 6.45) is -0.404. The fourth-order valence-corrected chi connectivity index (χ4v) is 2.82. The Labute approximate surface area is 134 Å². The number of nitrogens with zero attached hydrogens (tertiary/aromatic N) is 2. The molecular formula is C16H19ClN2O3. The molecule has 118 valence electrons. The molecule has 0 aromatic heterocycles. The number of halogens is 1. The molecule has 5 nitrogen and oxygen atoms in total. The molecule has 1 aromatic rings. The van der Waals surface area contributed by atoms with Crippen molar-refractivity contribution in [2.24, 2.45) is 11.1 Å². The molecule has 2 atom stereocenters. The Bertz CT molecular complexity index is 607. The van der Waals surface area contributed by atoms with E-state index in [1.807, 2.05) is 45.0 Å². The first-order chi connectivity index (χ1) is 10.3. The van der Waals surface area contributed by atoms with Gasteiger partial charge < -0.3 is 14.5 Å². The lowest BCUT2D eigenvalue weighted by atomic mass is 9.95. The highest BCUT2D eigenvalue weighted by Gasteiger charge is 2.45. The van der Waals surface area contributed by atoms with Crippen molar-refractivity contribution >= 4 is 23.4 Å². The highest BCUT2D eigenvalue weighted by Crippen LogP contribution is 2.31. The molecule has 2 heterocycles. The Morgan fingerprint density at radius 1 is 1.32 bits per heavy atom. The maximum Gasteiger partial charge on any atom is 0.410 e. The molecule has 2 aliphatic heterocycles. The van der Waals surface area contributed by atoms with Gasteiger partial charge in [-0.25, -0.2) is 4.79 Å². The van der Waals surface area contributed by atoms with Crippen LogP contribution in [0, 0.1) is 5.92 Å². The standard InChI is InChI=1S/C16H19ClN2O3/c1-16(2,3)21-15(20)19-8-12-13(9-19)22-18-14(12)10-4-6-11(17)7-5-10/h4-7,12-13H,8-9H2,1-3H3. The molecule has 0 bridgehead atoms.